The van der Waals surface area contributed by atoms with Crippen LogP contribution in [0.3, 0.4) is 0 Å². The van der Waals surface area contributed by atoms with Crippen molar-refractivity contribution in [2.75, 3.05) is 38.0 Å². The number of anilines is 1. The highest BCUT2D eigenvalue weighted by molar-refractivity contribution is 5.93. The van der Waals surface area contributed by atoms with E-state index in [1.807, 2.05) is 4.90 Å². The van der Waals surface area contributed by atoms with Crippen LogP contribution in [0.1, 0.15) is 18.9 Å². The molecule has 0 bridgehead atoms. The van der Waals surface area contributed by atoms with E-state index in [9.17, 15) is 22.8 Å². The number of halogens is 3. The van der Waals surface area contributed by atoms with Crippen LogP contribution >= 0.6 is 0 Å². The van der Waals surface area contributed by atoms with Crippen molar-refractivity contribution in [3.8, 4) is 0 Å². The van der Waals surface area contributed by atoms with Crippen molar-refractivity contribution < 1.29 is 22.8 Å². The predicted molar refractivity (Wildman–Crippen MR) is 83.4 cm³/mol. The molecule has 0 saturated carbocycles. The molecular formula is C16H20F3N3O2. The van der Waals surface area contributed by atoms with Crippen LogP contribution in [0.5, 0.6) is 0 Å². The first-order valence-corrected chi connectivity index (χ1v) is 7.77. The largest absolute Gasteiger partial charge is 0.418 e. The van der Waals surface area contributed by atoms with Crippen molar-refractivity contribution in [1.82, 2.24) is 9.80 Å². The Hall–Kier alpha value is -2.09. The molecule has 0 aromatic heterocycles. The van der Waals surface area contributed by atoms with Crippen LogP contribution in [0.2, 0.25) is 0 Å². The van der Waals surface area contributed by atoms with Crippen molar-refractivity contribution in [2.24, 2.45) is 0 Å². The zero-order valence-electron chi connectivity index (χ0n) is 13.4. The number of carbonyl (C=O) groups excluding carboxylic acids is 2. The summed E-state index contributed by atoms with van der Waals surface area (Å²) >= 11 is 0. The maximum Gasteiger partial charge on any atom is 0.418 e. The van der Waals surface area contributed by atoms with E-state index in [-0.39, 0.29) is 18.1 Å². The summed E-state index contributed by atoms with van der Waals surface area (Å²) in [7, 11) is 0. The molecular weight excluding hydrogens is 323 g/mol. The van der Waals surface area contributed by atoms with Crippen molar-refractivity contribution >= 4 is 17.5 Å². The Kier molecular flexibility index (Phi) is 5.82. The summed E-state index contributed by atoms with van der Waals surface area (Å²) in [4.78, 5) is 27.2. The number of piperazine rings is 1. The molecule has 2 rings (SSSR count). The second kappa shape index (κ2) is 7.65. The SMILES string of the molecule is CCC(=O)N1CCN(CC(=O)Nc2ccccc2C(F)(F)F)CC1. The van der Waals surface area contributed by atoms with Gasteiger partial charge in [0, 0.05) is 32.6 Å². The number of nitrogens with zero attached hydrogens (tertiary/aromatic N) is 2. The molecule has 5 nitrogen and oxygen atoms in total. The van der Waals surface area contributed by atoms with Crippen LogP contribution < -0.4 is 5.32 Å². The number of nitrogens with one attached hydrogen (secondary N) is 1. The van der Waals surface area contributed by atoms with Gasteiger partial charge in [-0.1, -0.05) is 19.1 Å². The maximum atomic E-state index is 12.9. The van der Waals surface area contributed by atoms with Gasteiger partial charge in [-0.2, -0.15) is 13.2 Å². The van der Waals surface area contributed by atoms with E-state index in [0.29, 0.717) is 32.6 Å². The van der Waals surface area contributed by atoms with Crippen molar-refractivity contribution in [3.63, 3.8) is 0 Å². The van der Waals surface area contributed by atoms with E-state index in [1.165, 1.54) is 18.2 Å². The number of hydrogen-bond donors (Lipinski definition) is 1. The van der Waals surface area contributed by atoms with Crippen LogP contribution in [0.25, 0.3) is 0 Å². The number of carbonyl (C=O) groups is 2. The first kappa shape index (κ1) is 18.3. The molecule has 1 saturated heterocycles. The lowest BCUT2D eigenvalue weighted by atomic mass is 10.1. The minimum absolute atomic E-state index is 0.000344. The second-order valence-electron chi connectivity index (χ2n) is 5.60. The van der Waals surface area contributed by atoms with E-state index in [4.69, 9.17) is 0 Å². The van der Waals surface area contributed by atoms with Gasteiger partial charge in [-0.15, -0.1) is 0 Å². The van der Waals surface area contributed by atoms with Gasteiger partial charge in [0.15, 0.2) is 0 Å². The molecule has 1 aliphatic heterocycles. The summed E-state index contributed by atoms with van der Waals surface area (Å²) < 4.78 is 38.7. The average molecular weight is 343 g/mol. The Bertz CT molecular complexity index is 596. The molecule has 1 fully saturated rings. The quantitative estimate of drug-likeness (QED) is 0.912. The van der Waals surface area contributed by atoms with Crippen molar-refractivity contribution in [1.29, 1.82) is 0 Å². The topological polar surface area (TPSA) is 52.7 Å². The lowest BCUT2D eigenvalue weighted by Gasteiger charge is -2.34. The Balaban J connectivity index is 1.90. The third-order valence-corrected chi connectivity index (χ3v) is 3.90. The molecule has 1 N–H and O–H groups in total. The first-order valence-electron chi connectivity index (χ1n) is 7.77. The molecule has 1 aromatic rings. The Morgan fingerprint density at radius 2 is 1.75 bits per heavy atom. The molecule has 0 aliphatic carbocycles. The normalized spacial score (nSPS) is 16.1. The van der Waals surface area contributed by atoms with Crippen LogP contribution in [-0.4, -0.2) is 54.3 Å². The number of para-hydroxylation sites is 1. The number of amides is 2. The second-order valence-corrected chi connectivity index (χ2v) is 5.60. The number of benzene rings is 1. The third-order valence-electron chi connectivity index (χ3n) is 3.90. The van der Waals surface area contributed by atoms with Crippen LogP contribution in [0, 0.1) is 0 Å². The predicted octanol–water partition coefficient (Wildman–Crippen LogP) is 2.20. The molecule has 0 radical (unpaired) electrons. The van der Waals surface area contributed by atoms with Gasteiger partial charge in [0.25, 0.3) is 0 Å². The van der Waals surface area contributed by atoms with Crippen LogP contribution in [-0.2, 0) is 15.8 Å². The zero-order valence-corrected chi connectivity index (χ0v) is 13.4. The summed E-state index contributed by atoms with van der Waals surface area (Å²) in [6, 6.07) is 4.89. The molecule has 24 heavy (non-hydrogen) atoms. The minimum Gasteiger partial charge on any atom is -0.340 e. The van der Waals surface area contributed by atoms with E-state index < -0.39 is 17.6 Å². The summed E-state index contributed by atoms with van der Waals surface area (Å²) in [6.45, 7) is 3.90. The molecule has 1 heterocycles. The molecule has 2 amide bonds. The van der Waals surface area contributed by atoms with E-state index in [0.717, 1.165) is 6.07 Å². The molecule has 1 aliphatic rings. The molecule has 132 valence electrons. The monoisotopic (exact) mass is 343 g/mol. The zero-order chi connectivity index (χ0) is 17.7. The molecule has 0 unspecified atom stereocenters. The fourth-order valence-electron chi connectivity index (χ4n) is 2.61. The molecule has 8 heteroatoms. The first-order chi connectivity index (χ1) is 11.3. The van der Waals surface area contributed by atoms with Crippen molar-refractivity contribution in [2.45, 2.75) is 19.5 Å². The highest BCUT2D eigenvalue weighted by Crippen LogP contribution is 2.34. The number of hydrogen-bond acceptors (Lipinski definition) is 3. The third kappa shape index (κ3) is 4.70. The molecule has 1 aromatic carbocycles. The number of rotatable bonds is 4. The van der Waals surface area contributed by atoms with Gasteiger partial charge >= 0.3 is 6.18 Å². The van der Waals surface area contributed by atoms with Crippen LogP contribution in [0.15, 0.2) is 24.3 Å². The van der Waals surface area contributed by atoms with Gasteiger partial charge in [-0.05, 0) is 12.1 Å². The lowest BCUT2D eigenvalue weighted by Crippen LogP contribution is -2.50. The lowest BCUT2D eigenvalue weighted by molar-refractivity contribution is -0.137. The standard InChI is InChI=1S/C16H20F3N3O2/c1-2-15(24)22-9-7-21(8-10-22)11-14(23)20-13-6-4-3-5-12(13)16(17,18)19/h3-6H,2,7-11H2,1H3,(H,20,23). The Morgan fingerprint density at radius 1 is 1.12 bits per heavy atom. The highest BCUT2D eigenvalue weighted by atomic mass is 19.4. The van der Waals surface area contributed by atoms with Crippen molar-refractivity contribution in [3.05, 3.63) is 29.8 Å². The summed E-state index contributed by atoms with van der Waals surface area (Å²) in [5.74, 6) is -0.430. The van der Waals surface area contributed by atoms with Gasteiger partial charge in [0.2, 0.25) is 11.8 Å². The van der Waals surface area contributed by atoms with E-state index >= 15 is 0 Å². The van der Waals surface area contributed by atoms with Gasteiger partial charge in [0.1, 0.15) is 0 Å². The number of alkyl halides is 3. The fourth-order valence-corrected chi connectivity index (χ4v) is 2.61. The fraction of sp³-hybridized carbons (Fsp3) is 0.500. The van der Waals surface area contributed by atoms with Gasteiger partial charge in [-0.25, -0.2) is 0 Å². The summed E-state index contributed by atoms with van der Waals surface area (Å²) in [5.41, 5.74) is -1.11. The maximum absolute atomic E-state index is 12.9. The van der Waals surface area contributed by atoms with Gasteiger partial charge < -0.3 is 10.2 Å². The molecule has 0 atom stereocenters. The smallest absolute Gasteiger partial charge is 0.340 e. The van der Waals surface area contributed by atoms with Crippen LogP contribution in [0.4, 0.5) is 18.9 Å². The Labute approximate surface area is 138 Å². The average Bonchev–Trinajstić information content (AvgIpc) is 2.54. The van der Waals surface area contributed by atoms with E-state index in [2.05, 4.69) is 5.32 Å². The summed E-state index contributed by atoms with van der Waals surface area (Å²) in [5, 5.41) is 2.33. The molecule has 0 spiro atoms. The van der Waals surface area contributed by atoms with Gasteiger partial charge in [0.05, 0.1) is 17.8 Å². The highest BCUT2D eigenvalue weighted by Gasteiger charge is 2.33. The van der Waals surface area contributed by atoms with Gasteiger partial charge in [-0.3, -0.25) is 14.5 Å². The minimum atomic E-state index is -4.52. The van der Waals surface area contributed by atoms with E-state index in [1.54, 1.807) is 11.8 Å². The Morgan fingerprint density at radius 3 is 2.33 bits per heavy atom. The summed E-state index contributed by atoms with van der Waals surface area (Å²) in [6.07, 6.45) is -4.08.